The molecule has 22 heavy (non-hydrogen) atoms. The number of nitrogens with one attached hydrogen (secondary N) is 1. The highest BCUT2D eigenvalue weighted by molar-refractivity contribution is 6.30. The fourth-order valence-corrected chi connectivity index (χ4v) is 2.22. The van der Waals surface area contributed by atoms with Crippen LogP contribution in [0.1, 0.15) is 5.56 Å². The predicted octanol–water partition coefficient (Wildman–Crippen LogP) is 5.45. The van der Waals surface area contributed by atoms with Gasteiger partial charge in [0.15, 0.2) is 0 Å². The summed E-state index contributed by atoms with van der Waals surface area (Å²) in [6.07, 6.45) is 1.80. The maximum atomic E-state index is 5.84. The Kier molecular flexibility index (Phi) is 4.52. The Labute approximate surface area is 135 Å². The van der Waals surface area contributed by atoms with Crippen LogP contribution in [0, 0.1) is 0 Å². The minimum absolute atomic E-state index is 0.714. The molecule has 108 valence electrons. The summed E-state index contributed by atoms with van der Waals surface area (Å²) in [6.45, 7) is 0. The SMILES string of the molecule is Clc1ccc(N/N=C\c2ccc(-c3ccccc3)cc2)cc1. The van der Waals surface area contributed by atoms with Gasteiger partial charge in [-0.2, -0.15) is 5.10 Å². The van der Waals surface area contributed by atoms with Crippen LogP contribution in [0.15, 0.2) is 84.0 Å². The van der Waals surface area contributed by atoms with E-state index in [-0.39, 0.29) is 0 Å². The Balaban J connectivity index is 1.66. The summed E-state index contributed by atoms with van der Waals surface area (Å²) < 4.78 is 0. The van der Waals surface area contributed by atoms with Gasteiger partial charge in [-0.3, -0.25) is 5.43 Å². The molecule has 2 nitrogen and oxygen atoms in total. The molecule has 0 heterocycles. The third-order valence-electron chi connectivity index (χ3n) is 3.27. The zero-order valence-corrected chi connectivity index (χ0v) is 12.7. The first-order valence-corrected chi connectivity index (χ1v) is 7.39. The molecule has 0 saturated carbocycles. The minimum atomic E-state index is 0.714. The lowest BCUT2D eigenvalue weighted by Crippen LogP contribution is -1.90. The van der Waals surface area contributed by atoms with Crippen LogP contribution < -0.4 is 5.43 Å². The molecule has 0 saturated heterocycles. The average Bonchev–Trinajstić information content (AvgIpc) is 2.58. The van der Waals surface area contributed by atoms with Gasteiger partial charge < -0.3 is 0 Å². The van der Waals surface area contributed by atoms with Gasteiger partial charge in [-0.15, -0.1) is 0 Å². The van der Waals surface area contributed by atoms with E-state index in [0.717, 1.165) is 11.3 Å². The van der Waals surface area contributed by atoms with Crippen LogP contribution in [0.4, 0.5) is 5.69 Å². The van der Waals surface area contributed by atoms with Gasteiger partial charge in [-0.1, -0.05) is 66.2 Å². The Bertz CT molecular complexity index is 748. The van der Waals surface area contributed by atoms with E-state index in [4.69, 9.17) is 11.6 Å². The first-order valence-electron chi connectivity index (χ1n) is 7.01. The number of benzene rings is 3. The number of nitrogens with zero attached hydrogens (tertiary/aromatic N) is 1. The van der Waals surface area contributed by atoms with Gasteiger partial charge in [0, 0.05) is 5.02 Å². The van der Waals surface area contributed by atoms with Gasteiger partial charge in [-0.25, -0.2) is 0 Å². The standard InChI is InChI=1S/C19H15ClN2/c20-18-10-12-19(13-11-18)22-21-14-15-6-8-17(9-7-15)16-4-2-1-3-5-16/h1-14,22H/b21-14-. The number of rotatable bonds is 4. The zero-order valence-electron chi connectivity index (χ0n) is 11.9. The fourth-order valence-electron chi connectivity index (χ4n) is 2.10. The first kappa shape index (κ1) is 14.4. The van der Waals surface area contributed by atoms with Crippen LogP contribution >= 0.6 is 11.6 Å². The molecule has 1 N–H and O–H groups in total. The van der Waals surface area contributed by atoms with E-state index in [1.807, 2.05) is 42.5 Å². The molecule has 3 heteroatoms. The normalized spacial score (nSPS) is 10.8. The molecule has 0 bridgehead atoms. The largest absolute Gasteiger partial charge is 0.279 e. The summed E-state index contributed by atoms with van der Waals surface area (Å²) >= 11 is 5.84. The molecule has 0 amide bonds. The molecule has 0 aliphatic heterocycles. The van der Waals surface area contributed by atoms with Gasteiger partial charge in [0.2, 0.25) is 0 Å². The maximum Gasteiger partial charge on any atom is 0.0562 e. The van der Waals surface area contributed by atoms with Crippen LogP contribution in [0.3, 0.4) is 0 Å². The lowest BCUT2D eigenvalue weighted by molar-refractivity contribution is 1.35. The zero-order chi connectivity index (χ0) is 15.2. The van der Waals surface area contributed by atoms with Crippen LogP contribution in [0.25, 0.3) is 11.1 Å². The minimum Gasteiger partial charge on any atom is -0.279 e. The smallest absolute Gasteiger partial charge is 0.0562 e. The van der Waals surface area contributed by atoms with Gasteiger partial charge in [-0.05, 0) is 41.0 Å². The molecule has 0 fully saturated rings. The highest BCUT2D eigenvalue weighted by Gasteiger charge is 1.96. The Morgan fingerprint density at radius 3 is 2.05 bits per heavy atom. The first-order chi connectivity index (χ1) is 10.8. The quantitative estimate of drug-likeness (QED) is 0.503. The lowest BCUT2D eigenvalue weighted by atomic mass is 10.0. The second kappa shape index (κ2) is 6.92. The Hall–Kier alpha value is -2.58. The fraction of sp³-hybridized carbons (Fsp3) is 0. The van der Waals surface area contributed by atoms with Crippen molar-refractivity contribution in [3.8, 4) is 11.1 Å². The van der Waals surface area contributed by atoms with Crippen molar-refractivity contribution < 1.29 is 0 Å². The molecule has 3 rings (SSSR count). The van der Waals surface area contributed by atoms with Crippen molar-refractivity contribution in [2.75, 3.05) is 5.43 Å². The van der Waals surface area contributed by atoms with E-state index >= 15 is 0 Å². The molecular weight excluding hydrogens is 292 g/mol. The second-order valence-corrected chi connectivity index (χ2v) is 5.30. The highest BCUT2D eigenvalue weighted by Crippen LogP contribution is 2.18. The van der Waals surface area contributed by atoms with E-state index in [9.17, 15) is 0 Å². The van der Waals surface area contributed by atoms with Crippen molar-refractivity contribution in [3.63, 3.8) is 0 Å². The summed E-state index contributed by atoms with van der Waals surface area (Å²) in [4.78, 5) is 0. The van der Waals surface area contributed by atoms with Gasteiger partial charge in [0.05, 0.1) is 11.9 Å². The summed E-state index contributed by atoms with van der Waals surface area (Å²) in [5.41, 5.74) is 7.34. The number of hydrogen-bond acceptors (Lipinski definition) is 2. The monoisotopic (exact) mass is 306 g/mol. The van der Waals surface area contributed by atoms with Gasteiger partial charge >= 0.3 is 0 Å². The van der Waals surface area contributed by atoms with Crippen molar-refractivity contribution in [2.24, 2.45) is 5.10 Å². The lowest BCUT2D eigenvalue weighted by Gasteiger charge is -2.02. The highest BCUT2D eigenvalue weighted by atomic mass is 35.5. The van der Waals surface area contributed by atoms with Crippen LogP contribution in [0.2, 0.25) is 5.02 Å². The van der Waals surface area contributed by atoms with Crippen LogP contribution in [-0.4, -0.2) is 6.21 Å². The Morgan fingerprint density at radius 1 is 0.727 bits per heavy atom. The summed E-state index contributed by atoms with van der Waals surface area (Å²) in [7, 11) is 0. The molecular formula is C19H15ClN2. The molecule has 0 atom stereocenters. The number of halogens is 1. The predicted molar refractivity (Wildman–Crippen MR) is 94.5 cm³/mol. The summed E-state index contributed by atoms with van der Waals surface area (Å²) in [5, 5.41) is 4.94. The summed E-state index contributed by atoms with van der Waals surface area (Å²) in [5.74, 6) is 0. The van der Waals surface area contributed by atoms with E-state index in [1.165, 1.54) is 11.1 Å². The van der Waals surface area contributed by atoms with E-state index < -0.39 is 0 Å². The molecule has 0 aromatic heterocycles. The van der Waals surface area contributed by atoms with Crippen LogP contribution in [0.5, 0.6) is 0 Å². The maximum absolute atomic E-state index is 5.84. The van der Waals surface area contributed by atoms with Gasteiger partial charge in [0.25, 0.3) is 0 Å². The van der Waals surface area contributed by atoms with Crippen molar-refractivity contribution in [1.29, 1.82) is 0 Å². The van der Waals surface area contributed by atoms with Crippen molar-refractivity contribution in [1.82, 2.24) is 0 Å². The van der Waals surface area contributed by atoms with Crippen molar-refractivity contribution in [2.45, 2.75) is 0 Å². The third-order valence-corrected chi connectivity index (χ3v) is 3.52. The van der Waals surface area contributed by atoms with Crippen LogP contribution in [-0.2, 0) is 0 Å². The molecule has 0 radical (unpaired) electrons. The topological polar surface area (TPSA) is 24.4 Å². The molecule has 0 spiro atoms. The number of hydrogen-bond donors (Lipinski definition) is 1. The van der Waals surface area contributed by atoms with Crippen molar-refractivity contribution >= 4 is 23.5 Å². The number of hydrazone groups is 1. The van der Waals surface area contributed by atoms with E-state index in [2.05, 4.69) is 46.9 Å². The molecule has 3 aromatic rings. The van der Waals surface area contributed by atoms with Crippen molar-refractivity contribution in [3.05, 3.63) is 89.4 Å². The molecule has 0 aliphatic carbocycles. The Morgan fingerprint density at radius 2 is 1.36 bits per heavy atom. The van der Waals surface area contributed by atoms with E-state index in [0.29, 0.717) is 5.02 Å². The van der Waals surface area contributed by atoms with E-state index in [1.54, 1.807) is 6.21 Å². The number of anilines is 1. The summed E-state index contributed by atoms with van der Waals surface area (Å²) in [6, 6.07) is 26.0. The molecule has 3 aromatic carbocycles. The average molecular weight is 307 g/mol. The van der Waals surface area contributed by atoms with Gasteiger partial charge in [0.1, 0.15) is 0 Å². The molecule has 0 unspecified atom stereocenters. The second-order valence-electron chi connectivity index (χ2n) is 4.86. The third kappa shape index (κ3) is 3.74. The molecule has 0 aliphatic rings.